The van der Waals surface area contributed by atoms with E-state index >= 15 is 0 Å². The maximum absolute atomic E-state index is 4.66. The predicted molar refractivity (Wildman–Crippen MR) is 110 cm³/mol. The van der Waals surface area contributed by atoms with Crippen LogP contribution < -0.4 is 10.9 Å². The lowest BCUT2D eigenvalue weighted by atomic mass is 10.1. The lowest BCUT2D eigenvalue weighted by Gasteiger charge is -2.09. The Labute approximate surface area is 158 Å². The van der Waals surface area contributed by atoms with Crippen molar-refractivity contribution < 1.29 is 0 Å². The molecule has 26 heavy (non-hydrogen) atoms. The van der Waals surface area contributed by atoms with Gasteiger partial charge in [0.25, 0.3) is 0 Å². The van der Waals surface area contributed by atoms with Crippen LogP contribution in [0.5, 0.6) is 0 Å². The minimum Gasteiger partial charge on any atom is -0.309 e. The molecule has 0 aliphatic rings. The van der Waals surface area contributed by atoms with E-state index in [0.29, 0.717) is 0 Å². The molecular weight excluding hydrogens is 342 g/mol. The summed E-state index contributed by atoms with van der Waals surface area (Å²) in [5.41, 5.74) is 8.49. The predicted octanol–water partition coefficient (Wildman–Crippen LogP) is 3.23. The Morgan fingerprint density at radius 1 is 1.12 bits per heavy atom. The fraction of sp³-hybridized carbons (Fsp3) is 0.250. The van der Waals surface area contributed by atoms with Crippen molar-refractivity contribution in [2.75, 3.05) is 19.3 Å². The van der Waals surface area contributed by atoms with Crippen LogP contribution in [0, 0.1) is 0 Å². The van der Waals surface area contributed by atoms with E-state index < -0.39 is 0 Å². The molecule has 0 atom stereocenters. The maximum Gasteiger partial charge on any atom is 0.121 e. The molecule has 2 aromatic heterocycles. The van der Waals surface area contributed by atoms with Crippen molar-refractivity contribution in [3.63, 3.8) is 0 Å². The molecule has 1 aromatic carbocycles. The number of thioether (sulfide) groups is 1. The van der Waals surface area contributed by atoms with Gasteiger partial charge in [0.1, 0.15) is 5.84 Å². The average Bonchev–Trinajstić information content (AvgIpc) is 2.69. The summed E-state index contributed by atoms with van der Waals surface area (Å²) in [7, 11) is 1.86. The van der Waals surface area contributed by atoms with Crippen molar-refractivity contribution in [3.05, 3.63) is 72.3 Å². The molecule has 0 saturated carbocycles. The number of pyridine rings is 2. The van der Waals surface area contributed by atoms with Gasteiger partial charge in [0.05, 0.1) is 5.75 Å². The SMILES string of the molecule is CNNC(CSCc1ccc2cnccc2c1)=NCCc1ccccn1. The van der Waals surface area contributed by atoms with E-state index in [1.54, 1.807) is 0 Å². The van der Waals surface area contributed by atoms with Crippen LogP contribution in [0.4, 0.5) is 0 Å². The number of fused-ring (bicyclic) bond motifs is 1. The maximum atomic E-state index is 4.66. The number of aliphatic imine (C=N–C) groups is 1. The van der Waals surface area contributed by atoms with Crippen molar-refractivity contribution in [2.24, 2.45) is 4.99 Å². The van der Waals surface area contributed by atoms with Crippen molar-refractivity contribution >= 4 is 28.4 Å². The summed E-state index contributed by atoms with van der Waals surface area (Å²) < 4.78 is 0. The number of benzene rings is 1. The lowest BCUT2D eigenvalue weighted by molar-refractivity contribution is 0.757. The molecule has 0 aliphatic heterocycles. The van der Waals surface area contributed by atoms with Gasteiger partial charge in [-0.2, -0.15) is 0 Å². The lowest BCUT2D eigenvalue weighted by Crippen LogP contribution is -2.36. The number of hydrazine groups is 1. The van der Waals surface area contributed by atoms with Gasteiger partial charge in [-0.15, -0.1) is 11.8 Å². The first kappa shape index (κ1) is 18.4. The van der Waals surface area contributed by atoms with E-state index in [9.17, 15) is 0 Å². The molecule has 0 saturated heterocycles. The molecule has 3 rings (SSSR count). The third-order valence-corrected chi connectivity index (χ3v) is 4.89. The molecule has 0 amide bonds. The molecule has 0 radical (unpaired) electrons. The number of nitrogens with one attached hydrogen (secondary N) is 2. The van der Waals surface area contributed by atoms with Gasteiger partial charge in [0.2, 0.25) is 0 Å². The standard InChI is InChI=1S/C20H23N5S/c1-21-25-20(24-11-8-19-4-2-3-9-23-19)15-26-14-16-5-6-18-13-22-10-7-17(18)12-16/h2-7,9-10,12-13,21H,8,11,14-15H2,1H3,(H,24,25). The van der Waals surface area contributed by atoms with Crippen LogP contribution in [0.3, 0.4) is 0 Å². The summed E-state index contributed by atoms with van der Waals surface area (Å²) in [6.45, 7) is 0.727. The summed E-state index contributed by atoms with van der Waals surface area (Å²) in [5, 5.41) is 2.41. The topological polar surface area (TPSA) is 62.2 Å². The first-order chi connectivity index (χ1) is 12.8. The molecule has 0 aliphatic carbocycles. The van der Waals surface area contributed by atoms with Crippen LogP contribution in [-0.4, -0.2) is 35.1 Å². The Morgan fingerprint density at radius 2 is 2.08 bits per heavy atom. The zero-order valence-electron chi connectivity index (χ0n) is 14.9. The van der Waals surface area contributed by atoms with E-state index in [-0.39, 0.29) is 0 Å². The molecule has 2 heterocycles. The molecule has 5 nitrogen and oxygen atoms in total. The highest BCUT2D eigenvalue weighted by atomic mass is 32.2. The van der Waals surface area contributed by atoms with Crippen LogP contribution >= 0.6 is 11.8 Å². The van der Waals surface area contributed by atoms with Crippen LogP contribution in [0.15, 0.2) is 66.0 Å². The van der Waals surface area contributed by atoms with Crippen molar-refractivity contribution in [1.29, 1.82) is 0 Å². The quantitative estimate of drug-likeness (QED) is 0.365. The first-order valence-electron chi connectivity index (χ1n) is 8.61. The Hall–Kier alpha value is -2.44. The number of nitrogens with zero attached hydrogens (tertiary/aromatic N) is 3. The molecule has 3 aromatic rings. The van der Waals surface area contributed by atoms with Crippen molar-refractivity contribution in [3.8, 4) is 0 Å². The smallest absolute Gasteiger partial charge is 0.121 e. The van der Waals surface area contributed by atoms with Gasteiger partial charge in [-0.25, -0.2) is 5.43 Å². The van der Waals surface area contributed by atoms with Gasteiger partial charge in [-0.3, -0.25) is 15.0 Å². The second-order valence-electron chi connectivity index (χ2n) is 5.82. The van der Waals surface area contributed by atoms with E-state index in [1.807, 2.05) is 55.6 Å². The molecule has 0 unspecified atom stereocenters. The van der Waals surface area contributed by atoms with Gasteiger partial charge in [-0.05, 0) is 29.1 Å². The van der Waals surface area contributed by atoms with E-state index in [1.165, 1.54) is 16.3 Å². The van der Waals surface area contributed by atoms with E-state index in [4.69, 9.17) is 0 Å². The van der Waals surface area contributed by atoms with Gasteiger partial charge in [0.15, 0.2) is 0 Å². The minimum absolute atomic E-state index is 0.727. The number of aromatic nitrogens is 2. The molecule has 0 spiro atoms. The van der Waals surface area contributed by atoms with Crippen LogP contribution in [0.1, 0.15) is 11.3 Å². The largest absolute Gasteiger partial charge is 0.309 e. The highest BCUT2D eigenvalue weighted by Crippen LogP contribution is 2.18. The second-order valence-corrected chi connectivity index (χ2v) is 6.81. The molecule has 0 fully saturated rings. The molecule has 134 valence electrons. The third-order valence-electron chi connectivity index (χ3n) is 3.88. The van der Waals surface area contributed by atoms with Gasteiger partial charge < -0.3 is 5.43 Å². The summed E-state index contributed by atoms with van der Waals surface area (Å²) in [6, 6.07) is 14.6. The fourth-order valence-corrected chi connectivity index (χ4v) is 3.48. The van der Waals surface area contributed by atoms with Crippen molar-refractivity contribution in [1.82, 2.24) is 20.8 Å². The zero-order chi connectivity index (χ0) is 18.0. The van der Waals surface area contributed by atoms with E-state index in [0.717, 1.165) is 36.0 Å². The molecule has 2 N–H and O–H groups in total. The average molecular weight is 366 g/mol. The Bertz CT molecular complexity index is 851. The Kier molecular flexibility index (Phi) is 6.98. The number of amidine groups is 1. The number of hydrogen-bond donors (Lipinski definition) is 2. The Morgan fingerprint density at radius 3 is 2.92 bits per heavy atom. The monoisotopic (exact) mass is 365 g/mol. The fourth-order valence-electron chi connectivity index (χ4n) is 2.61. The third kappa shape index (κ3) is 5.54. The highest BCUT2D eigenvalue weighted by molar-refractivity contribution is 7.99. The summed E-state index contributed by atoms with van der Waals surface area (Å²) in [4.78, 5) is 13.2. The Balaban J connectivity index is 1.51. The zero-order valence-corrected chi connectivity index (χ0v) is 15.7. The van der Waals surface area contributed by atoms with Gasteiger partial charge in [-0.1, -0.05) is 24.3 Å². The van der Waals surface area contributed by atoms with Crippen LogP contribution in [0.2, 0.25) is 0 Å². The van der Waals surface area contributed by atoms with Gasteiger partial charge in [0, 0.05) is 55.4 Å². The number of hydrogen-bond acceptors (Lipinski definition) is 5. The molecular formula is C20H23N5S. The molecule has 6 heteroatoms. The highest BCUT2D eigenvalue weighted by Gasteiger charge is 2.02. The van der Waals surface area contributed by atoms with Gasteiger partial charge >= 0.3 is 0 Å². The van der Waals surface area contributed by atoms with E-state index in [2.05, 4.69) is 50.1 Å². The normalized spacial score (nSPS) is 11.7. The van der Waals surface area contributed by atoms with Crippen LogP contribution in [0.25, 0.3) is 10.8 Å². The minimum atomic E-state index is 0.727. The first-order valence-corrected chi connectivity index (χ1v) is 9.77. The van der Waals surface area contributed by atoms with Crippen LogP contribution in [-0.2, 0) is 12.2 Å². The summed E-state index contributed by atoms with van der Waals surface area (Å²) in [6.07, 6.45) is 6.40. The number of rotatable bonds is 8. The summed E-state index contributed by atoms with van der Waals surface area (Å²) in [5.74, 6) is 2.74. The van der Waals surface area contributed by atoms with Crippen molar-refractivity contribution in [2.45, 2.75) is 12.2 Å². The summed E-state index contributed by atoms with van der Waals surface area (Å²) >= 11 is 1.84. The molecule has 0 bridgehead atoms. The second kappa shape index (κ2) is 9.89.